The lowest BCUT2D eigenvalue weighted by atomic mass is 10.1. The van der Waals surface area contributed by atoms with Gasteiger partial charge in [-0.2, -0.15) is 0 Å². The lowest BCUT2D eigenvalue weighted by Gasteiger charge is -2.23. The van der Waals surface area contributed by atoms with Gasteiger partial charge in [-0.15, -0.1) is 0 Å². The summed E-state index contributed by atoms with van der Waals surface area (Å²) in [4.78, 5) is 8.18. The summed E-state index contributed by atoms with van der Waals surface area (Å²) in [6.45, 7) is 2.79. The first kappa shape index (κ1) is 11.8. The van der Waals surface area contributed by atoms with E-state index in [1.54, 1.807) is 12.4 Å². The number of aromatic nitrogens is 2. The van der Waals surface area contributed by atoms with Gasteiger partial charge in [-0.25, -0.2) is 4.98 Å². The van der Waals surface area contributed by atoms with E-state index >= 15 is 0 Å². The molecule has 1 atom stereocenters. The van der Waals surface area contributed by atoms with Crippen molar-refractivity contribution in [2.45, 2.75) is 31.8 Å². The average molecular weight is 241 g/mol. The van der Waals surface area contributed by atoms with Crippen LogP contribution in [0.3, 0.4) is 0 Å². The molecule has 4 nitrogen and oxygen atoms in total. The van der Waals surface area contributed by atoms with Crippen molar-refractivity contribution in [3.63, 3.8) is 0 Å². The normalized spacial score (nSPS) is 20.9. The molecule has 88 valence electrons. The Morgan fingerprint density at radius 2 is 2.25 bits per heavy atom. The second-order valence-electron chi connectivity index (χ2n) is 4.07. The van der Waals surface area contributed by atoms with Gasteiger partial charge in [-0.1, -0.05) is 18.0 Å². The van der Waals surface area contributed by atoms with Gasteiger partial charge in [0.2, 0.25) is 0 Å². The fourth-order valence-electron chi connectivity index (χ4n) is 1.93. The van der Waals surface area contributed by atoms with Gasteiger partial charge in [-0.05, 0) is 19.4 Å². The van der Waals surface area contributed by atoms with Gasteiger partial charge in [-0.3, -0.25) is 4.98 Å². The number of hydrogen-bond acceptors (Lipinski definition) is 4. The number of halogens is 1. The largest absolute Gasteiger partial charge is 0.313 e. The molecule has 2 rings (SSSR count). The zero-order valence-corrected chi connectivity index (χ0v) is 10.0. The van der Waals surface area contributed by atoms with E-state index in [1.807, 2.05) is 0 Å². The lowest BCUT2D eigenvalue weighted by Crippen LogP contribution is -2.41. The van der Waals surface area contributed by atoms with Crippen molar-refractivity contribution in [2.24, 2.45) is 0 Å². The molecule has 0 radical (unpaired) electrons. The van der Waals surface area contributed by atoms with E-state index in [0.29, 0.717) is 17.7 Å². The lowest BCUT2D eigenvalue weighted by molar-refractivity contribution is 0.382. The first-order valence-corrected chi connectivity index (χ1v) is 6.13. The van der Waals surface area contributed by atoms with Gasteiger partial charge in [0.15, 0.2) is 5.15 Å². The fraction of sp³-hybridized carbons (Fsp3) is 0.636. The minimum atomic E-state index is 0.492. The van der Waals surface area contributed by atoms with E-state index in [2.05, 4.69) is 20.6 Å². The molecular weight excluding hydrogens is 224 g/mol. The molecule has 1 fully saturated rings. The molecule has 1 aromatic rings. The van der Waals surface area contributed by atoms with Gasteiger partial charge in [0.05, 0.1) is 5.69 Å². The molecule has 0 aromatic carbocycles. The van der Waals surface area contributed by atoms with Crippen LogP contribution in [0.5, 0.6) is 0 Å². The minimum Gasteiger partial charge on any atom is -0.313 e. The van der Waals surface area contributed by atoms with E-state index in [1.165, 1.54) is 19.3 Å². The van der Waals surface area contributed by atoms with Crippen LogP contribution in [0.15, 0.2) is 12.4 Å². The topological polar surface area (TPSA) is 49.8 Å². The highest BCUT2D eigenvalue weighted by atomic mass is 35.5. The first-order valence-electron chi connectivity index (χ1n) is 5.76. The molecule has 5 heteroatoms. The first-order chi connectivity index (χ1) is 7.86. The van der Waals surface area contributed by atoms with Crippen LogP contribution in [-0.2, 0) is 6.54 Å². The molecule has 0 spiro atoms. The molecule has 0 unspecified atom stereocenters. The van der Waals surface area contributed by atoms with Crippen LogP contribution < -0.4 is 10.6 Å². The Bertz CT molecular complexity index is 326. The molecule has 2 N–H and O–H groups in total. The highest BCUT2D eigenvalue weighted by Crippen LogP contribution is 2.09. The van der Waals surface area contributed by atoms with E-state index in [0.717, 1.165) is 18.8 Å². The molecule has 0 aliphatic carbocycles. The Balaban J connectivity index is 1.73. The maximum absolute atomic E-state index is 5.92. The summed E-state index contributed by atoms with van der Waals surface area (Å²) < 4.78 is 0. The van der Waals surface area contributed by atoms with Gasteiger partial charge in [0.1, 0.15) is 0 Å². The second kappa shape index (κ2) is 6.13. The van der Waals surface area contributed by atoms with Gasteiger partial charge >= 0.3 is 0 Å². The number of hydrogen-bond donors (Lipinski definition) is 2. The average Bonchev–Trinajstić information content (AvgIpc) is 2.33. The molecule has 1 aromatic heterocycles. The summed E-state index contributed by atoms with van der Waals surface area (Å²) in [7, 11) is 0. The van der Waals surface area contributed by atoms with E-state index in [-0.39, 0.29) is 0 Å². The Morgan fingerprint density at radius 1 is 1.38 bits per heavy atom. The third kappa shape index (κ3) is 3.40. The third-order valence-corrected chi connectivity index (χ3v) is 3.13. The molecule has 0 saturated carbocycles. The Morgan fingerprint density at radius 3 is 3.00 bits per heavy atom. The quantitative estimate of drug-likeness (QED) is 0.835. The summed E-state index contributed by atoms with van der Waals surface area (Å²) in [5.41, 5.74) is 0.819. The van der Waals surface area contributed by atoms with Gasteiger partial charge in [0.25, 0.3) is 0 Å². The Labute approximate surface area is 101 Å². The number of nitrogens with one attached hydrogen (secondary N) is 2. The Kier molecular flexibility index (Phi) is 4.51. The predicted octanol–water partition coefficient (Wildman–Crippen LogP) is 1.36. The summed E-state index contributed by atoms with van der Waals surface area (Å²) in [6.07, 6.45) is 7.15. The molecule has 2 heterocycles. The predicted molar refractivity (Wildman–Crippen MR) is 64.4 cm³/mol. The summed E-state index contributed by atoms with van der Waals surface area (Å²) in [5, 5.41) is 7.34. The molecule has 1 aliphatic rings. The zero-order valence-electron chi connectivity index (χ0n) is 9.25. The molecule has 1 aliphatic heterocycles. The van der Waals surface area contributed by atoms with Crippen LogP contribution in [0.25, 0.3) is 0 Å². The van der Waals surface area contributed by atoms with Crippen molar-refractivity contribution in [1.82, 2.24) is 20.6 Å². The van der Waals surface area contributed by atoms with Crippen LogP contribution in [0, 0.1) is 0 Å². The standard InChI is InChI=1S/C11H17ClN4/c12-11-10(15-5-6-16-11)8-13-7-9-3-1-2-4-14-9/h5-6,9,13-14H,1-4,7-8H2/t9-/m0/s1. The van der Waals surface area contributed by atoms with Crippen molar-refractivity contribution in [1.29, 1.82) is 0 Å². The van der Waals surface area contributed by atoms with Crippen LogP contribution >= 0.6 is 11.6 Å². The van der Waals surface area contributed by atoms with Crippen LogP contribution in [-0.4, -0.2) is 29.1 Å². The summed E-state index contributed by atoms with van der Waals surface area (Å²) in [5.74, 6) is 0. The number of rotatable bonds is 4. The number of piperidine rings is 1. The monoisotopic (exact) mass is 240 g/mol. The maximum atomic E-state index is 5.92. The van der Waals surface area contributed by atoms with Crippen LogP contribution in [0.4, 0.5) is 0 Å². The van der Waals surface area contributed by atoms with Crippen LogP contribution in [0.1, 0.15) is 25.0 Å². The smallest absolute Gasteiger partial charge is 0.151 e. The third-order valence-electron chi connectivity index (χ3n) is 2.82. The van der Waals surface area contributed by atoms with Crippen LogP contribution in [0.2, 0.25) is 5.15 Å². The van der Waals surface area contributed by atoms with E-state index < -0.39 is 0 Å². The van der Waals surface area contributed by atoms with Crippen molar-refractivity contribution >= 4 is 11.6 Å². The van der Waals surface area contributed by atoms with E-state index in [4.69, 9.17) is 11.6 Å². The maximum Gasteiger partial charge on any atom is 0.151 e. The van der Waals surface area contributed by atoms with Crippen molar-refractivity contribution in [3.8, 4) is 0 Å². The highest BCUT2D eigenvalue weighted by molar-refractivity contribution is 6.29. The van der Waals surface area contributed by atoms with Crippen molar-refractivity contribution in [2.75, 3.05) is 13.1 Å². The zero-order chi connectivity index (χ0) is 11.2. The van der Waals surface area contributed by atoms with Gasteiger partial charge in [0, 0.05) is 31.5 Å². The molecule has 0 amide bonds. The number of nitrogens with zero attached hydrogens (tertiary/aromatic N) is 2. The molecule has 16 heavy (non-hydrogen) atoms. The SMILES string of the molecule is Clc1nccnc1CNC[C@@H]1CCCCN1. The second-order valence-corrected chi connectivity index (χ2v) is 4.43. The van der Waals surface area contributed by atoms with Gasteiger partial charge < -0.3 is 10.6 Å². The van der Waals surface area contributed by atoms with Crippen molar-refractivity contribution < 1.29 is 0 Å². The summed E-state index contributed by atoms with van der Waals surface area (Å²) in [6, 6.07) is 0.587. The fourth-order valence-corrected chi connectivity index (χ4v) is 2.10. The van der Waals surface area contributed by atoms with E-state index in [9.17, 15) is 0 Å². The van der Waals surface area contributed by atoms with Crippen molar-refractivity contribution in [3.05, 3.63) is 23.2 Å². The summed E-state index contributed by atoms with van der Waals surface area (Å²) >= 11 is 5.92. The highest BCUT2D eigenvalue weighted by Gasteiger charge is 2.11. The molecule has 0 bridgehead atoms. The molecular formula is C11H17ClN4. The minimum absolute atomic E-state index is 0.492. The Hall–Kier alpha value is -0.710. The molecule has 1 saturated heterocycles.